The zero-order chi connectivity index (χ0) is 18.9. The summed E-state index contributed by atoms with van der Waals surface area (Å²) in [5.41, 5.74) is -0.350. The molecule has 26 heavy (non-hydrogen) atoms. The number of alkyl halides is 3. The van der Waals surface area contributed by atoms with Gasteiger partial charge in [0.1, 0.15) is 5.75 Å². The second-order valence-corrected chi connectivity index (χ2v) is 7.19. The van der Waals surface area contributed by atoms with Gasteiger partial charge in [-0.1, -0.05) is 0 Å². The molecule has 1 saturated heterocycles. The average Bonchev–Trinajstić information content (AvgIpc) is 3.23. The topological polar surface area (TPSA) is 41.6 Å². The van der Waals surface area contributed by atoms with Gasteiger partial charge in [-0.05, 0) is 69.8 Å². The van der Waals surface area contributed by atoms with Crippen LogP contribution in [0, 0.1) is 6.92 Å². The quantitative estimate of drug-likeness (QED) is 0.877. The first-order chi connectivity index (χ1) is 12.3. The van der Waals surface area contributed by atoms with Crippen LogP contribution in [0.25, 0.3) is 0 Å². The van der Waals surface area contributed by atoms with Gasteiger partial charge >= 0.3 is 6.18 Å². The van der Waals surface area contributed by atoms with Crippen molar-refractivity contribution in [3.63, 3.8) is 0 Å². The summed E-state index contributed by atoms with van der Waals surface area (Å²) < 4.78 is 44.1. The molecule has 0 radical (unpaired) electrons. The number of methoxy groups -OCH3 is 1. The molecular weight excluding hydrogens is 345 g/mol. The predicted octanol–water partition coefficient (Wildman–Crippen LogP) is 3.77. The van der Waals surface area contributed by atoms with Crippen molar-refractivity contribution >= 4 is 5.91 Å². The Morgan fingerprint density at radius 3 is 2.50 bits per heavy atom. The molecule has 1 amide bonds. The van der Waals surface area contributed by atoms with Crippen LogP contribution in [0.4, 0.5) is 13.2 Å². The number of nitrogens with one attached hydrogen (secondary N) is 1. The Hall–Kier alpha value is -1.76. The molecule has 2 aliphatic rings. The maximum absolute atomic E-state index is 13.0. The number of benzene rings is 1. The summed E-state index contributed by atoms with van der Waals surface area (Å²) in [6, 6.07) is 2.26. The maximum atomic E-state index is 13.0. The highest BCUT2D eigenvalue weighted by molar-refractivity contribution is 5.98. The third kappa shape index (κ3) is 3.82. The normalized spacial score (nSPS) is 24.0. The van der Waals surface area contributed by atoms with E-state index in [0.717, 1.165) is 44.5 Å². The summed E-state index contributed by atoms with van der Waals surface area (Å²) in [5.74, 6) is -0.394. The fourth-order valence-corrected chi connectivity index (χ4v) is 4.23. The van der Waals surface area contributed by atoms with Crippen LogP contribution in [-0.2, 0) is 6.18 Å². The van der Waals surface area contributed by atoms with Gasteiger partial charge in [-0.15, -0.1) is 0 Å². The van der Waals surface area contributed by atoms with Gasteiger partial charge in [0.25, 0.3) is 5.91 Å². The summed E-state index contributed by atoms with van der Waals surface area (Å²) in [4.78, 5) is 15.3. The van der Waals surface area contributed by atoms with Crippen LogP contribution in [0.2, 0.25) is 0 Å². The molecule has 1 N–H and O–H groups in total. The Kier molecular flexibility index (Phi) is 5.46. The predicted molar refractivity (Wildman–Crippen MR) is 92.4 cm³/mol. The number of aryl methyl sites for hydroxylation is 1. The van der Waals surface area contributed by atoms with E-state index >= 15 is 0 Å². The van der Waals surface area contributed by atoms with Gasteiger partial charge in [-0.25, -0.2) is 0 Å². The number of halogens is 3. The van der Waals surface area contributed by atoms with Gasteiger partial charge in [0.2, 0.25) is 0 Å². The number of rotatable bonds is 4. The fourth-order valence-electron chi connectivity index (χ4n) is 4.23. The van der Waals surface area contributed by atoms with E-state index in [2.05, 4.69) is 10.2 Å². The molecule has 2 atom stereocenters. The van der Waals surface area contributed by atoms with E-state index in [1.807, 2.05) is 0 Å². The average molecular weight is 370 g/mol. The molecule has 1 saturated carbocycles. The van der Waals surface area contributed by atoms with Crippen LogP contribution in [0.3, 0.4) is 0 Å². The number of hydrogen-bond acceptors (Lipinski definition) is 3. The third-order valence-electron chi connectivity index (χ3n) is 5.48. The molecule has 0 aromatic heterocycles. The lowest BCUT2D eigenvalue weighted by atomic mass is 10.0. The van der Waals surface area contributed by atoms with Crippen molar-refractivity contribution in [1.29, 1.82) is 0 Å². The van der Waals surface area contributed by atoms with E-state index in [0.29, 0.717) is 6.04 Å². The number of likely N-dealkylation sites (tertiary alicyclic amines) is 1. The monoisotopic (exact) mass is 370 g/mol. The van der Waals surface area contributed by atoms with Gasteiger partial charge in [0, 0.05) is 12.1 Å². The first kappa shape index (κ1) is 19.0. The number of ether oxygens (including phenoxy) is 1. The molecule has 0 unspecified atom stereocenters. The van der Waals surface area contributed by atoms with Crippen molar-refractivity contribution in [2.45, 2.75) is 57.3 Å². The van der Waals surface area contributed by atoms with E-state index in [9.17, 15) is 18.0 Å². The number of carbonyl (C=O) groups excluding carboxylic acids is 1. The molecule has 1 aliphatic carbocycles. The van der Waals surface area contributed by atoms with Gasteiger partial charge in [-0.3, -0.25) is 9.69 Å². The van der Waals surface area contributed by atoms with Gasteiger partial charge in [-0.2, -0.15) is 13.2 Å². The number of hydrogen-bond donors (Lipinski definition) is 1. The van der Waals surface area contributed by atoms with Crippen molar-refractivity contribution in [3.8, 4) is 5.75 Å². The van der Waals surface area contributed by atoms with Crippen molar-refractivity contribution in [3.05, 3.63) is 28.8 Å². The highest BCUT2D eigenvalue weighted by Gasteiger charge is 2.36. The fraction of sp³-hybridized carbons (Fsp3) is 0.632. The Bertz CT molecular complexity index is 669. The van der Waals surface area contributed by atoms with Crippen molar-refractivity contribution in [1.82, 2.24) is 10.2 Å². The molecule has 1 aliphatic heterocycles. The molecule has 1 heterocycles. The molecule has 7 heteroatoms. The third-order valence-corrected chi connectivity index (χ3v) is 5.48. The molecule has 4 nitrogen and oxygen atoms in total. The van der Waals surface area contributed by atoms with E-state index in [4.69, 9.17) is 4.74 Å². The minimum absolute atomic E-state index is 0.0343. The molecule has 1 aromatic rings. The highest BCUT2D eigenvalue weighted by Crippen LogP contribution is 2.35. The van der Waals surface area contributed by atoms with E-state index in [1.54, 1.807) is 0 Å². The Morgan fingerprint density at radius 1 is 1.19 bits per heavy atom. The van der Waals surface area contributed by atoms with Gasteiger partial charge in [0.05, 0.1) is 18.2 Å². The van der Waals surface area contributed by atoms with Crippen LogP contribution >= 0.6 is 0 Å². The van der Waals surface area contributed by atoms with Crippen molar-refractivity contribution in [2.75, 3.05) is 20.2 Å². The largest absolute Gasteiger partial charge is 0.496 e. The first-order valence-corrected chi connectivity index (χ1v) is 9.12. The zero-order valence-corrected chi connectivity index (χ0v) is 15.2. The molecule has 1 aromatic carbocycles. The van der Waals surface area contributed by atoms with Crippen LogP contribution in [0.1, 0.15) is 53.6 Å². The lowest BCUT2D eigenvalue weighted by molar-refractivity contribution is -0.137. The van der Waals surface area contributed by atoms with Crippen molar-refractivity contribution < 1.29 is 22.7 Å². The highest BCUT2D eigenvalue weighted by atomic mass is 19.4. The van der Waals surface area contributed by atoms with Gasteiger partial charge in [0.15, 0.2) is 0 Å². The Morgan fingerprint density at radius 2 is 1.88 bits per heavy atom. The summed E-state index contributed by atoms with van der Waals surface area (Å²) in [6.07, 6.45) is 0.892. The molecule has 144 valence electrons. The van der Waals surface area contributed by atoms with E-state index in [-0.39, 0.29) is 28.8 Å². The Balaban J connectivity index is 1.81. The standard InChI is InChI=1S/C19H25F3N2O2/c1-12-10-13(19(20,21)22)11-16(26-2)17(12)18(25)23-14-6-5-7-15(14)24-8-3-4-9-24/h10-11,14-15H,3-9H2,1-2H3,(H,23,25)/t14-,15+/m0/s1. The summed E-state index contributed by atoms with van der Waals surface area (Å²) in [5, 5.41) is 3.05. The minimum atomic E-state index is -4.47. The Labute approximate surface area is 151 Å². The molecular formula is C19H25F3N2O2. The summed E-state index contributed by atoms with van der Waals surface area (Å²) in [6.45, 7) is 3.62. The SMILES string of the molecule is COc1cc(C(F)(F)F)cc(C)c1C(=O)N[C@H]1CCC[C@H]1N1CCCC1. The van der Waals surface area contributed by atoms with Crippen LogP contribution in [0.15, 0.2) is 12.1 Å². The lowest BCUT2D eigenvalue weighted by Gasteiger charge is -2.30. The molecule has 0 bridgehead atoms. The maximum Gasteiger partial charge on any atom is 0.416 e. The number of amides is 1. The van der Waals surface area contributed by atoms with E-state index < -0.39 is 11.7 Å². The van der Waals surface area contributed by atoms with Crippen LogP contribution in [0.5, 0.6) is 5.75 Å². The number of nitrogens with zero attached hydrogens (tertiary/aromatic N) is 1. The lowest BCUT2D eigenvalue weighted by Crippen LogP contribution is -2.48. The van der Waals surface area contributed by atoms with Gasteiger partial charge < -0.3 is 10.1 Å². The van der Waals surface area contributed by atoms with Crippen molar-refractivity contribution in [2.24, 2.45) is 0 Å². The number of carbonyl (C=O) groups is 1. The minimum Gasteiger partial charge on any atom is -0.496 e. The molecule has 0 spiro atoms. The van der Waals surface area contributed by atoms with E-state index in [1.165, 1.54) is 26.9 Å². The molecule has 3 rings (SSSR count). The summed E-state index contributed by atoms with van der Waals surface area (Å²) >= 11 is 0. The molecule has 2 fully saturated rings. The summed E-state index contributed by atoms with van der Waals surface area (Å²) in [7, 11) is 1.29. The smallest absolute Gasteiger partial charge is 0.416 e. The van der Waals surface area contributed by atoms with Crippen LogP contribution < -0.4 is 10.1 Å². The first-order valence-electron chi connectivity index (χ1n) is 9.12. The second kappa shape index (κ2) is 7.47. The van der Waals surface area contributed by atoms with Crippen LogP contribution in [-0.4, -0.2) is 43.1 Å². The second-order valence-electron chi connectivity index (χ2n) is 7.19. The zero-order valence-electron chi connectivity index (χ0n) is 15.2.